The van der Waals surface area contributed by atoms with Gasteiger partial charge in [0.1, 0.15) is 0 Å². The van der Waals surface area contributed by atoms with E-state index in [0.717, 1.165) is 18.7 Å². The number of aliphatic imine (C=N–C) groups is 1. The Labute approximate surface area is 144 Å². The first-order chi connectivity index (χ1) is 11.5. The number of rotatable bonds is 6. The SMILES string of the molecule is CCN1C(=O)C(=Cc2ccc(N(CC)CC)cc2)OC1=NC(C)C. The molecule has 0 spiro atoms. The average molecular weight is 329 g/mol. The molecule has 1 aliphatic heterocycles. The summed E-state index contributed by atoms with van der Waals surface area (Å²) in [7, 11) is 0. The summed E-state index contributed by atoms with van der Waals surface area (Å²) in [5.74, 6) is 0.191. The van der Waals surface area contributed by atoms with Crippen LogP contribution < -0.4 is 4.90 Å². The summed E-state index contributed by atoms with van der Waals surface area (Å²) in [6.45, 7) is 12.6. The zero-order chi connectivity index (χ0) is 17.7. The van der Waals surface area contributed by atoms with Crippen LogP contribution in [0.15, 0.2) is 35.0 Å². The Bertz CT molecular complexity index is 629. The summed E-state index contributed by atoms with van der Waals surface area (Å²) in [6.07, 6.45) is 1.78. The summed E-state index contributed by atoms with van der Waals surface area (Å²) >= 11 is 0. The smallest absolute Gasteiger partial charge is 0.300 e. The summed E-state index contributed by atoms with van der Waals surface area (Å²) in [5, 5.41) is 0. The molecule has 0 aromatic heterocycles. The molecule has 0 radical (unpaired) electrons. The van der Waals surface area contributed by atoms with Crippen molar-refractivity contribution in [2.75, 3.05) is 24.5 Å². The van der Waals surface area contributed by atoms with Gasteiger partial charge in [-0.15, -0.1) is 0 Å². The number of hydrogen-bond acceptors (Lipinski definition) is 4. The van der Waals surface area contributed by atoms with Crippen LogP contribution >= 0.6 is 0 Å². The number of ether oxygens (including phenoxy) is 1. The molecule has 5 heteroatoms. The van der Waals surface area contributed by atoms with E-state index in [1.165, 1.54) is 5.69 Å². The monoisotopic (exact) mass is 329 g/mol. The first kappa shape index (κ1) is 18.0. The van der Waals surface area contributed by atoms with E-state index in [4.69, 9.17) is 4.74 Å². The predicted octanol–water partition coefficient (Wildman–Crippen LogP) is 3.52. The molecule has 130 valence electrons. The highest BCUT2D eigenvalue weighted by Gasteiger charge is 2.33. The van der Waals surface area contributed by atoms with Crippen LogP contribution in [0.1, 0.15) is 40.2 Å². The number of carbonyl (C=O) groups excluding carboxylic acids is 1. The quantitative estimate of drug-likeness (QED) is 0.750. The second kappa shape index (κ2) is 7.99. The Hall–Kier alpha value is -2.30. The number of benzene rings is 1. The molecule has 0 N–H and O–H groups in total. The van der Waals surface area contributed by atoms with E-state index in [-0.39, 0.29) is 11.9 Å². The highest BCUT2D eigenvalue weighted by Crippen LogP contribution is 2.22. The number of amidine groups is 1. The summed E-state index contributed by atoms with van der Waals surface area (Å²) in [5.41, 5.74) is 2.12. The summed E-state index contributed by atoms with van der Waals surface area (Å²) in [4.78, 5) is 20.7. The van der Waals surface area contributed by atoms with E-state index >= 15 is 0 Å². The van der Waals surface area contributed by atoms with Crippen LogP contribution in [0.4, 0.5) is 5.69 Å². The molecule has 0 aliphatic carbocycles. The first-order valence-electron chi connectivity index (χ1n) is 8.64. The van der Waals surface area contributed by atoms with Gasteiger partial charge in [-0.05, 0) is 58.4 Å². The van der Waals surface area contributed by atoms with Crippen LogP contribution in [-0.2, 0) is 9.53 Å². The van der Waals surface area contributed by atoms with Gasteiger partial charge < -0.3 is 9.64 Å². The lowest BCUT2D eigenvalue weighted by molar-refractivity contribution is -0.122. The molecule has 1 saturated heterocycles. The summed E-state index contributed by atoms with van der Waals surface area (Å²) < 4.78 is 5.69. The van der Waals surface area contributed by atoms with Gasteiger partial charge >= 0.3 is 6.02 Å². The van der Waals surface area contributed by atoms with Crippen molar-refractivity contribution in [3.63, 3.8) is 0 Å². The molecule has 2 rings (SSSR count). The molecule has 1 heterocycles. The summed E-state index contributed by atoms with van der Waals surface area (Å²) in [6, 6.07) is 8.62. The maximum Gasteiger partial charge on any atom is 0.300 e. The third-order valence-corrected chi connectivity index (χ3v) is 3.89. The van der Waals surface area contributed by atoms with Crippen molar-refractivity contribution in [3.05, 3.63) is 35.6 Å². The zero-order valence-electron chi connectivity index (χ0n) is 15.2. The highest BCUT2D eigenvalue weighted by atomic mass is 16.5. The maximum atomic E-state index is 12.4. The number of anilines is 1. The molecule has 5 nitrogen and oxygen atoms in total. The molecule has 0 unspecified atom stereocenters. The van der Waals surface area contributed by atoms with Crippen molar-refractivity contribution in [3.8, 4) is 0 Å². The van der Waals surface area contributed by atoms with Gasteiger partial charge in [0.25, 0.3) is 5.91 Å². The second-order valence-electron chi connectivity index (χ2n) is 5.93. The fourth-order valence-electron chi connectivity index (χ4n) is 2.63. The predicted molar refractivity (Wildman–Crippen MR) is 99.0 cm³/mol. The fourth-order valence-corrected chi connectivity index (χ4v) is 2.63. The van der Waals surface area contributed by atoms with E-state index in [2.05, 4.69) is 35.9 Å². The molecule has 0 atom stereocenters. The second-order valence-corrected chi connectivity index (χ2v) is 5.93. The minimum absolute atomic E-state index is 0.0783. The van der Waals surface area contributed by atoms with Crippen molar-refractivity contribution in [1.29, 1.82) is 0 Å². The third-order valence-electron chi connectivity index (χ3n) is 3.89. The van der Waals surface area contributed by atoms with Crippen molar-refractivity contribution in [2.24, 2.45) is 4.99 Å². The van der Waals surface area contributed by atoms with E-state index < -0.39 is 0 Å². The Morgan fingerprint density at radius 1 is 1.17 bits per heavy atom. The van der Waals surface area contributed by atoms with E-state index in [0.29, 0.717) is 18.3 Å². The van der Waals surface area contributed by atoms with Gasteiger partial charge in [-0.3, -0.25) is 9.69 Å². The van der Waals surface area contributed by atoms with Gasteiger partial charge in [0.05, 0.1) is 0 Å². The van der Waals surface area contributed by atoms with Gasteiger partial charge in [0, 0.05) is 31.4 Å². The van der Waals surface area contributed by atoms with Gasteiger partial charge in [0.15, 0.2) is 5.76 Å². The van der Waals surface area contributed by atoms with E-state index in [1.807, 2.05) is 32.9 Å². The minimum atomic E-state index is -0.135. The Morgan fingerprint density at radius 3 is 2.29 bits per heavy atom. The Kier molecular flexibility index (Phi) is 6.01. The first-order valence-corrected chi connectivity index (χ1v) is 8.64. The van der Waals surface area contributed by atoms with Crippen LogP contribution in [0, 0.1) is 0 Å². The molecule has 1 amide bonds. The van der Waals surface area contributed by atoms with Crippen LogP contribution in [0.5, 0.6) is 0 Å². The molecule has 0 bridgehead atoms. The molecule has 1 aliphatic rings. The molecule has 1 aromatic carbocycles. The standard InChI is InChI=1S/C19H27N3O2/c1-6-21(7-2)16-11-9-15(10-12-16)13-17-18(23)22(8-3)19(24-17)20-14(4)5/h9-14H,6-8H2,1-5H3. The van der Waals surface area contributed by atoms with Gasteiger partial charge in [-0.2, -0.15) is 0 Å². The molecule has 1 fully saturated rings. The van der Waals surface area contributed by atoms with Gasteiger partial charge in [0.2, 0.25) is 0 Å². The lowest BCUT2D eigenvalue weighted by Crippen LogP contribution is -2.30. The van der Waals surface area contributed by atoms with E-state index in [9.17, 15) is 4.79 Å². The number of likely N-dealkylation sites (N-methyl/N-ethyl adjacent to an activating group) is 1. The number of amides is 1. The molecule has 0 saturated carbocycles. The zero-order valence-corrected chi connectivity index (χ0v) is 15.2. The normalized spacial score (nSPS) is 17.9. The number of hydrogen-bond donors (Lipinski definition) is 0. The van der Waals surface area contributed by atoms with Crippen molar-refractivity contribution >= 4 is 23.7 Å². The number of nitrogens with zero attached hydrogens (tertiary/aromatic N) is 3. The molecule has 1 aromatic rings. The van der Waals surface area contributed by atoms with Gasteiger partial charge in [-0.25, -0.2) is 4.99 Å². The molecule has 24 heavy (non-hydrogen) atoms. The van der Waals surface area contributed by atoms with E-state index in [1.54, 1.807) is 11.0 Å². The topological polar surface area (TPSA) is 45.1 Å². The number of carbonyl (C=O) groups is 1. The average Bonchev–Trinajstić information content (AvgIpc) is 2.84. The van der Waals surface area contributed by atoms with Crippen LogP contribution in [0.3, 0.4) is 0 Å². The molecular formula is C19H27N3O2. The minimum Gasteiger partial charge on any atom is -0.420 e. The van der Waals surface area contributed by atoms with Crippen LogP contribution in [-0.4, -0.2) is 42.5 Å². The third kappa shape index (κ3) is 3.96. The van der Waals surface area contributed by atoms with Crippen LogP contribution in [0.25, 0.3) is 6.08 Å². The molecular weight excluding hydrogens is 302 g/mol. The Morgan fingerprint density at radius 2 is 1.79 bits per heavy atom. The van der Waals surface area contributed by atoms with Crippen LogP contribution in [0.2, 0.25) is 0 Å². The lowest BCUT2D eigenvalue weighted by atomic mass is 10.1. The lowest BCUT2D eigenvalue weighted by Gasteiger charge is -2.20. The van der Waals surface area contributed by atoms with Crippen molar-refractivity contribution in [1.82, 2.24) is 4.90 Å². The fraction of sp³-hybridized carbons (Fsp3) is 0.474. The van der Waals surface area contributed by atoms with Gasteiger partial charge in [-0.1, -0.05) is 12.1 Å². The van der Waals surface area contributed by atoms with Crippen molar-refractivity contribution < 1.29 is 9.53 Å². The largest absolute Gasteiger partial charge is 0.420 e. The maximum absolute atomic E-state index is 12.4. The highest BCUT2D eigenvalue weighted by molar-refractivity contribution is 6.11. The van der Waals surface area contributed by atoms with Crippen molar-refractivity contribution in [2.45, 2.75) is 40.7 Å². The Balaban J connectivity index is 2.23.